The van der Waals surface area contributed by atoms with Crippen molar-refractivity contribution in [2.45, 2.75) is 18.9 Å². The fraction of sp³-hybridized carbons (Fsp3) is 0.158. The number of carbonyl (C=O) groups is 1. The van der Waals surface area contributed by atoms with Crippen LogP contribution in [0.4, 0.5) is 4.39 Å². The maximum absolute atomic E-state index is 13.5. The first-order valence-electron chi connectivity index (χ1n) is 7.83. The number of halogens is 1. The second kappa shape index (κ2) is 5.60. The molecule has 0 saturated heterocycles. The third-order valence-electron chi connectivity index (χ3n) is 4.55. The first kappa shape index (κ1) is 14.6. The van der Waals surface area contributed by atoms with Crippen LogP contribution in [0.25, 0.3) is 10.8 Å². The zero-order valence-electron chi connectivity index (χ0n) is 12.8. The molecule has 1 heterocycles. The number of fused-ring (bicyclic) bond motifs is 2. The van der Waals surface area contributed by atoms with Crippen molar-refractivity contribution < 1.29 is 9.18 Å². The van der Waals surface area contributed by atoms with Crippen molar-refractivity contribution in [1.29, 1.82) is 0 Å². The molecule has 2 aromatic carbocycles. The van der Waals surface area contributed by atoms with Crippen molar-refractivity contribution in [3.05, 3.63) is 81.5 Å². The molecule has 3 aromatic rings. The fourth-order valence-corrected chi connectivity index (χ4v) is 3.36. The van der Waals surface area contributed by atoms with Crippen molar-refractivity contribution in [3.8, 4) is 0 Å². The second-order valence-corrected chi connectivity index (χ2v) is 5.98. The molecule has 0 saturated carbocycles. The molecule has 0 radical (unpaired) electrons. The van der Waals surface area contributed by atoms with Crippen LogP contribution in [-0.2, 0) is 6.42 Å². The Kier molecular flexibility index (Phi) is 3.41. The second-order valence-electron chi connectivity index (χ2n) is 5.98. The number of benzene rings is 2. The third-order valence-corrected chi connectivity index (χ3v) is 4.55. The summed E-state index contributed by atoms with van der Waals surface area (Å²) in [5.41, 5.74) is 2.08. The molecule has 2 N–H and O–H groups in total. The lowest BCUT2D eigenvalue weighted by molar-refractivity contribution is 0.0938. The number of pyridine rings is 1. The van der Waals surface area contributed by atoms with Gasteiger partial charge < -0.3 is 10.3 Å². The number of hydrogen-bond donors (Lipinski definition) is 2. The lowest BCUT2D eigenvalue weighted by Gasteiger charge is -2.15. The van der Waals surface area contributed by atoms with E-state index < -0.39 is 0 Å². The van der Waals surface area contributed by atoms with Crippen molar-refractivity contribution in [3.63, 3.8) is 0 Å². The average molecular weight is 322 g/mol. The molecule has 0 fully saturated rings. The molecule has 120 valence electrons. The summed E-state index contributed by atoms with van der Waals surface area (Å²) in [6, 6.07) is 11.5. The summed E-state index contributed by atoms with van der Waals surface area (Å²) in [5.74, 6) is -0.575. The van der Waals surface area contributed by atoms with Crippen LogP contribution >= 0.6 is 0 Å². The predicted molar refractivity (Wildman–Crippen MR) is 89.5 cm³/mol. The van der Waals surface area contributed by atoms with E-state index in [1.807, 2.05) is 0 Å². The SMILES string of the molecule is O=C(NC1CCc2ccc(F)cc21)c1c[nH]c(=O)c2ccccc12. The summed E-state index contributed by atoms with van der Waals surface area (Å²) in [6.45, 7) is 0. The van der Waals surface area contributed by atoms with Crippen LogP contribution in [0.2, 0.25) is 0 Å². The number of aromatic amines is 1. The molecular formula is C19H15FN2O2. The summed E-state index contributed by atoms with van der Waals surface area (Å²) in [6.07, 6.45) is 2.99. The minimum atomic E-state index is -0.301. The number of aryl methyl sites for hydroxylation is 1. The van der Waals surface area contributed by atoms with E-state index in [0.29, 0.717) is 16.3 Å². The van der Waals surface area contributed by atoms with Gasteiger partial charge in [-0.25, -0.2) is 4.39 Å². The Balaban J connectivity index is 1.69. The summed E-state index contributed by atoms with van der Waals surface area (Å²) < 4.78 is 13.5. The molecule has 4 nitrogen and oxygen atoms in total. The Labute approximate surface area is 137 Å². The van der Waals surface area contributed by atoms with Gasteiger partial charge >= 0.3 is 0 Å². The number of aromatic nitrogens is 1. The molecule has 0 spiro atoms. The van der Waals surface area contributed by atoms with E-state index in [0.717, 1.165) is 24.0 Å². The Hall–Kier alpha value is -2.95. The van der Waals surface area contributed by atoms with Gasteiger partial charge in [-0.15, -0.1) is 0 Å². The lowest BCUT2D eigenvalue weighted by Crippen LogP contribution is -2.28. The van der Waals surface area contributed by atoms with Gasteiger partial charge in [0.25, 0.3) is 11.5 Å². The standard InChI is InChI=1S/C19H15FN2O2/c20-12-7-5-11-6-8-17(15(11)9-12)22-19(24)16-10-21-18(23)14-4-2-1-3-13(14)16/h1-5,7,9-10,17H,6,8H2,(H,21,23)(H,22,24). The van der Waals surface area contributed by atoms with Crippen LogP contribution in [0.15, 0.2) is 53.5 Å². The van der Waals surface area contributed by atoms with E-state index in [1.165, 1.54) is 18.3 Å². The summed E-state index contributed by atoms with van der Waals surface area (Å²) in [5, 5.41) is 4.05. The van der Waals surface area contributed by atoms with Gasteiger partial charge in [0, 0.05) is 17.0 Å². The van der Waals surface area contributed by atoms with Crippen LogP contribution in [0.5, 0.6) is 0 Å². The highest BCUT2D eigenvalue weighted by molar-refractivity contribution is 6.06. The monoisotopic (exact) mass is 322 g/mol. The van der Waals surface area contributed by atoms with Gasteiger partial charge in [-0.1, -0.05) is 24.3 Å². The van der Waals surface area contributed by atoms with E-state index in [-0.39, 0.29) is 23.3 Å². The highest BCUT2D eigenvalue weighted by atomic mass is 19.1. The molecule has 5 heteroatoms. The molecule has 1 aliphatic carbocycles. The van der Waals surface area contributed by atoms with Crippen LogP contribution in [0.3, 0.4) is 0 Å². The highest BCUT2D eigenvalue weighted by Crippen LogP contribution is 2.32. The van der Waals surface area contributed by atoms with Crippen LogP contribution < -0.4 is 10.9 Å². The maximum Gasteiger partial charge on any atom is 0.255 e. The number of rotatable bonds is 2. The molecule has 1 atom stereocenters. The summed E-state index contributed by atoms with van der Waals surface area (Å²) in [4.78, 5) is 27.2. The minimum Gasteiger partial charge on any atom is -0.345 e. The molecule has 0 bridgehead atoms. The fourth-order valence-electron chi connectivity index (χ4n) is 3.36. The predicted octanol–water partition coefficient (Wildman–Crippen LogP) is 3.08. The van der Waals surface area contributed by atoms with E-state index in [9.17, 15) is 14.0 Å². The van der Waals surface area contributed by atoms with Crippen molar-refractivity contribution in [2.75, 3.05) is 0 Å². The van der Waals surface area contributed by atoms with Crippen LogP contribution in [0, 0.1) is 5.82 Å². The van der Waals surface area contributed by atoms with Gasteiger partial charge in [-0.2, -0.15) is 0 Å². The molecule has 24 heavy (non-hydrogen) atoms. The molecule has 1 unspecified atom stereocenters. The quantitative estimate of drug-likeness (QED) is 0.761. The zero-order chi connectivity index (χ0) is 16.7. The average Bonchev–Trinajstić information content (AvgIpc) is 2.97. The van der Waals surface area contributed by atoms with E-state index in [4.69, 9.17) is 0 Å². The normalized spacial score (nSPS) is 16.1. The van der Waals surface area contributed by atoms with Gasteiger partial charge in [0.2, 0.25) is 0 Å². The number of H-pyrrole nitrogens is 1. The summed E-state index contributed by atoms with van der Waals surface area (Å²) >= 11 is 0. The zero-order valence-corrected chi connectivity index (χ0v) is 12.8. The minimum absolute atomic E-state index is 0.214. The van der Waals surface area contributed by atoms with Crippen LogP contribution in [-0.4, -0.2) is 10.9 Å². The van der Waals surface area contributed by atoms with Gasteiger partial charge in [0.05, 0.1) is 11.6 Å². The topological polar surface area (TPSA) is 62.0 Å². The van der Waals surface area contributed by atoms with E-state index in [2.05, 4.69) is 10.3 Å². The molecular weight excluding hydrogens is 307 g/mol. The van der Waals surface area contributed by atoms with Gasteiger partial charge in [-0.3, -0.25) is 9.59 Å². The summed E-state index contributed by atoms with van der Waals surface area (Å²) in [7, 11) is 0. The van der Waals surface area contributed by atoms with Crippen molar-refractivity contribution in [1.82, 2.24) is 10.3 Å². The lowest BCUT2D eigenvalue weighted by atomic mass is 10.1. The van der Waals surface area contributed by atoms with Crippen LogP contribution in [0.1, 0.15) is 33.9 Å². The Morgan fingerprint density at radius 1 is 1.17 bits per heavy atom. The number of carbonyl (C=O) groups excluding carboxylic acids is 1. The Morgan fingerprint density at radius 3 is 2.79 bits per heavy atom. The number of hydrogen-bond acceptors (Lipinski definition) is 2. The molecule has 0 aliphatic heterocycles. The van der Waals surface area contributed by atoms with Crippen molar-refractivity contribution >= 4 is 16.7 Å². The van der Waals surface area contributed by atoms with Gasteiger partial charge in [0.15, 0.2) is 0 Å². The maximum atomic E-state index is 13.5. The van der Waals surface area contributed by atoms with E-state index >= 15 is 0 Å². The molecule has 1 aliphatic rings. The van der Waals surface area contributed by atoms with E-state index in [1.54, 1.807) is 30.3 Å². The Bertz CT molecular complexity index is 1010. The number of amides is 1. The number of nitrogens with one attached hydrogen (secondary N) is 2. The van der Waals surface area contributed by atoms with Gasteiger partial charge in [0.1, 0.15) is 5.82 Å². The first-order chi connectivity index (χ1) is 11.6. The largest absolute Gasteiger partial charge is 0.345 e. The Morgan fingerprint density at radius 2 is 1.96 bits per heavy atom. The molecule has 4 rings (SSSR count). The molecule has 1 aromatic heterocycles. The smallest absolute Gasteiger partial charge is 0.255 e. The molecule has 1 amide bonds. The third kappa shape index (κ3) is 2.38. The highest BCUT2D eigenvalue weighted by Gasteiger charge is 2.25. The van der Waals surface area contributed by atoms with Crippen molar-refractivity contribution in [2.24, 2.45) is 0 Å². The van der Waals surface area contributed by atoms with Gasteiger partial charge in [-0.05, 0) is 42.2 Å². The first-order valence-corrected chi connectivity index (χ1v) is 7.83.